The molecule has 0 aromatic heterocycles. The van der Waals surface area contributed by atoms with Crippen molar-refractivity contribution >= 4 is 41.3 Å². The summed E-state index contributed by atoms with van der Waals surface area (Å²) < 4.78 is 74.9. The third kappa shape index (κ3) is 4.65. The number of aryl methyl sites for hydroxylation is 1. The molecule has 2 saturated heterocycles. The fourth-order valence-electron chi connectivity index (χ4n) is 3.37. The summed E-state index contributed by atoms with van der Waals surface area (Å²) in [7, 11) is -10.7. The van der Waals surface area contributed by atoms with Crippen LogP contribution in [0, 0.1) is 6.92 Å². The fourth-order valence-corrected chi connectivity index (χ4v) is 8.88. The highest BCUT2D eigenvalue weighted by Gasteiger charge is 2.42. The van der Waals surface area contributed by atoms with E-state index in [0.717, 1.165) is 4.41 Å². The highest BCUT2D eigenvalue weighted by molar-refractivity contribution is 7.92. The van der Waals surface area contributed by atoms with Gasteiger partial charge in [0.05, 0.1) is 33.9 Å². The van der Waals surface area contributed by atoms with E-state index in [9.17, 15) is 25.3 Å². The smallest absolute Gasteiger partial charge is 0.237 e. The number of halogens is 1. The lowest BCUT2D eigenvalue weighted by Crippen LogP contribution is -2.54. The van der Waals surface area contributed by atoms with E-state index in [-0.39, 0.29) is 45.8 Å². The monoisotopic (exact) mass is 456 g/mol. The lowest BCUT2D eigenvalue weighted by atomic mass is 10.2. The van der Waals surface area contributed by atoms with Crippen molar-refractivity contribution in [2.75, 3.05) is 23.0 Å². The Labute approximate surface area is 164 Å². The Morgan fingerprint density at radius 1 is 1.07 bits per heavy atom. The van der Waals surface area contributed by atoms with Crippen molar-refractivity contribution in [2.45, 2.75) is 36.7 Å². The number of sulfonamides is 1. The predicted molar refractivity (Wildman–Crippen MR) is 102 cm³/mol. The summed E-state index contributed by atoms with van der Waals surface area (Å²) in [5.74, 6) is -0.633. The van der Waals surface area contributed by atoms with Gasteiger partial charge in [0.15, 0.2) is 19.7 Å². The molecular weight excluding hydrogens is 436 g/mol. The zero-order valence-corrected chi connectivity index (χ0v) is 17.8. The molecule has 0 unspecified atom stereocenters. The Hall–Kier alpha value is -0.720. The van der Waals surface area contributed by atoms with Crippen molar-refractivity contribution in [1.29, 1.82) is 0 Å². The number of rotatable bonds is 5. The van der Waals surface area contributed by atoms with Gasteiger partial charge >= 0.3 is 0 Å². The van der Waals surface area contributed by atoms with Gasteiger partial charge in [-0.05, 0) is 37.5 Å². The fraction of sp³-hybridized carbons (Fsp3) is 0.600. The third-order valence-corrected chi connectivity index (χ3v) is 10.4. The van der Waals surface area contributed by atoms with Crippen LogP contribution in [0.5, 0.6) is 0 Å². The van der Waals surface area contributed by atoms with Crippen LogP contribution in [0.3, 0.4) is 0 Å². The minimum atomic E-state index is -4.13. The summed E-state index contributed by atoms with van der Waals surface area (Å²) in [5, 5.41) is 0.238. The molecule has 2 heterocycles. The minimum absolute atomic E-state index is 0.0300. The van der Waals surface area contributed by atoms with Crippen molar-refractivity contribution in [3.63, 3.8) is 0 Å². The first-order valence-corrected chi connectivity index (χ1v) is 13.8. The van der Waals surface area contributed by atoms with Crippen molar-refractivity contribution in [3.05, 3.63) is 28.8 Å². The lowest BCUT2D eigenvalue weighted by Gasteiger charge is -2.31. The Morgan fingerprint density at radius 3 is 2.26 bits per heavy atom. The Bertz CT molecular complexity index is 1050. The maximum atomic E-state index is 13.3. The molecule has 2 fully saturated rings. The summed E-state index contributed by atoms with van der Waals surface area (Å²) in [6, 6.07) is 3.06. The number of hydrogen-bond donors (Lipinski definition) is 1. The predicted octanol–water partition coefficient (Wildman–Crippen LogP) is 0.518. The van der Waals surface area contributed by atoms with E-state index in [1.54, 1.807) is 19.1 Å². The quantitative estimate of drug-likeness (QED) is 0.641. The molecule has 0 bridgehead atoms. The molecule has 0 aliphatic carbocycles. The van der Waals surface area contributed by atoms with Gasteiger partial charge in [0.1, 0.15) is 0 Å². The number of hydrogen-bond acceptors (Lipinski definition) is 7. The number of nitrogens with one attached hydrogen (secondary N) is 1. The average Bonchev–Trinajstić information content (AvgIpc) is 3.08. The molecule has 1 N–H and O–H groups in total. The van der Waals surface area contributed by atoms with Gasteiger partial charge in [-0.25, -0.2) is 30.7 Å². The second-order valence-electron chi connectivity index (χ2n) is 7.00. The van der Waals surface area contributed by atoms with Crippen molar-refractivity contribution in [1.82, 2.24) is 9.84 Å². The third-order valence-electron chi connectivity index (χ3n) is 4.77. The van der Waals surface area contributed by atoms with Crippen molar-refractivity contribution in [2.24, 2.45) is 0 Å². The Balaban J connectivity index is 1.99. The first-order chi connectivity index (χ1) is 12.4. The van der Waals surface area contributed by atoms with Crippen LogP contribution in [0.1, 0.15) is 18.4 Å². The van der Waals surface area contributed by atoms with Gasteiger partial charge in [-0.15, -0.1) is 4.41 Å². The summed E-state index contributed by atoms with van der Waals surface area (Å²) >= 11 is 5.96. The van der Waals surface area contributed by atoms with E-state index in [2.05, 4.69) is 5.43 Å². The number of nitrogens with zero attached hydrogens (tertiary/aromatic N) is 1. The number of sulfone groups is 2. The highest BCUT2D eigenvalue weighted by atomic mass is 35.5. The summed E-state index contributed by atoms with van der Waals surface area (Å²) in [6.07, 6.45) is 0.413. The van der Waals surface area contributed by atoms with Crippen LogP contribution in [0.15, 0.2) is 23.1 Å². The molecule has 1 aromatic rings. The minimum Gasteiger partial charge on any atom is -0.237 e. The van der Waals surface area contributed by atoms with E-state index in [1.165, 1.54) is 6.07 Å². The van der Waals surface area contributed by atoms with Crippen LogP contribution in [0.2, 0.25) is 5.02 Å². The zero-order valence-electron chi connectivity index (χ0n) is 14.6. The molecule has 0 amide bonds. The van der Waals surface area contributed by atoms with Gasteiger partial charge < -0.3 is 0 Å². The lowest BCUT2D eigenvalue weighted by molar-refractivity contribution is 0.229. The van der Waals surface area contributed by atoms with Crippen LogP contribution in [-0.4, -0.2) is 64.8 Å². The molecule has 0 radical (unpaired) electrons. The molecule has 0 saturated carbocycles. The second kappa shape index (κ2) is 7.27. The van der Waals surface area contributed by atoms with Gasteiger partial charge in [-0.2, -0.15) is 0 Å². The topological polar surface area (TPSA) is 118 Å². The normalized spacial score (nSPS) is 27.2. The van der Waals surface area contributed by atoms with Gasteiger partial charge in [0, 0.05) is 11.1 Å². The van der Waals surface area contributed by atoms with E-state index >= 15 is 0 Å². The summed E-state index contributed by atoms with van der Waals surface area (Å²) in [6.45, 7) is 1.62. The summed E-state index contributed by atoms with van der Waals surface area (Å²) in [4.78, 5) is -0.0346. The molecule has 2 aliphatic heterocycles. The van der Waals surface area contributed by atoms with E-state index in [0.29, 0.717) is 5.56 Å². The average molecular weight is 457 g/mol. The number of hydrazine groups is 1. The van der Waals surface area contributed by atoms with Gasteiger partial charge in [0.25, 0.3) is 10.0 Å². The van der Waals surface area contributed by atoms with E-state index < -0.39 is 41.8 Å². The van der Waals surface area contributed by atoms with Crippen LogP contribution in [0.4, 0.5) is 0 Å². The van der Waals surface area contributed by atoms with E-state index in [1.807, 2.05) is 0 Å². The Morgan fingerprint density at radius 2 is 1.70 bits per heavy atom. The highest BCUT2D eigenvalue weighted by Crippen LogP contribution is 2.28. The maximum Gasteiger partial charge on any atom is 0.256 e. The molecule has 8 nitrogen and oxygen atoms in total. The molecule has 1 aromatic carbocycles. The zero-order chi connectivity index (χ0) is 20.0. The molecule has 2 aliphatic rings. The molecule has 3 rings (SSSR count). The van der Waals surface area contributed by atoms with Gasteiger partial charge in [-0.1, -0.05) is 17.7 Å². The SMILES string of the molecule is Cc1ccc(Cl)cc1S(=O)(=O)N(N[C@H]1CCS(=O)(=O)C1)[C@H]1CCS(=O)(=O)C1. The second-order valence-corrected chi connectivity index (χ2v) is 13.7. The molecular formula is C15H21ClN2O6S3. The molecule has 0 spiro atoms. The standard InChI is InChI=1S/C15H21ClN2O6S3/c1-11-2-3-12(16)8-15(11)27(23,24)18(14-5-7-26(21,22)10-14)17-13-4-6-25(19,20)9-13/h2-3,8,13-14,17H,4-7,9-10H2,1H3/t13-,14-/m0/s1. The molecule has 12 heteroatoms. The Kier molecular flexibility index (Phi) is 5.65. The number of benzene rings is 1. The largest absolute Gasteiger partial charge is 0.256 e. The van der Waals surface area contributed by atoms with E-state index in [4.69, 9.17) is 11.6 Å². The van der Waals surface area contributed by atoms with Crippen molar-refractivity contribution in [3.8, 4) is 0 Å². The first-order valence-electron chi connectivity index (χ1n) is 8.37. The van der Waals surface area contributed by atoms with Crippen molar-refractivity contribution < 1.29 is 25.3 Å². The van der Waals surface area contributed by atoms with Crippen LogP contribution >= 0.6 is 11.6 Å². The molecule has 2 atom stereocenters. The van der Waals surface area contributed by atoms with Crippen LogP contribution in [-0.2, 0) is 29.7 Å². The van der Waals surface area contributed by atoms with Gasteiger partial charge in [0.2, 0.25) is 0 Å². The molecule has 152 valence electrons. The maximum absolute atomic E-state index is 13.3. The van der Waals surface area contributed by atoms with Gasteiger partial charge in [-0.3, -0.25) is 0 Å². The van der Waals surface area contributed by atoms with Crippen LogP contribution in [0.25, 0.3) is 0 Å². The summed E-state index contributed by atoms with van der Waals surface area (Å²) in [5.41, 5.74) is 3.26. The first kappa shape index (κ1) is 21.0. The molecule has 27 heavy (non-hydrogen) atoms. The van der Waals surface area contributed by atoms with Crippen LogP contribution < -0.4 is 5.43 Å².